The Morgan fingerprint density at radius 1 is 1.52 bits per heavy atom. The molecule has 0 spiro atoms. The van der Waals surface area contributed by atoms with E-state index in [1.807, 2.05) is 0 Å². The minimum absolute atomic E-state index is 0.0756. The van der Waals surface area contributed by atoms with Gasteiger partial charge in [-0.3, -0.25) is 9.69 Å². The van der Waals surface area contributed by atoms with Crippen LogP contribution in [0.25, 0.3) is 0 Å². The van der Waals surface area contributed by atoms with Gasteiger partial charge in [0.25, 0.3) is 0 Å². The molecule has 0 aromatic heterocycles. The average Bonchev–Trinajstić information content (AvgIpc) is 3.22. The number of carbonyl (C=O) groups is 2. The summed E-state index contributed by atoms with van der Waals surface area (Å²) in [6.07, 6.45) is 0.520. The van der Waals surface area contributed by atoms with E-state index in [0.29, 0.717) is 11.3 Å². The third-order valence-corrected chi connectivity index (χ3v) is 4.44. The summed E-state index contributed by atoms with van der Waals surface area (Å²) < 4.78 is 19.5. The molecule has 1 aliphatic heterocycles. The molecule has 1 aliphatic carbocycles. The monoisotopic (exact) mass is 322 g/mol. The van der Waals surface area contributed by atoms with Crippen LogP contribution in [0.4, 0.5) is 14.9 Å². The Labute approximate surface area is 133 Å². The lowest BCUT2D eigenvalue weighted by atomic mass is 9.96. The molecule has 1 saturated heterocycles. The number of nitrogens with zero attached hydrogens (tertiary/aromatic N) is 1. The summed E-state index contributed by atoms with van der Waals surface area (Å²) in [6.45, 7) is 1.79. The van der Waals surface area contributed by atoms with E-state index >= 15 is 0 Å². The number of anilines is 1. The number of aliphatic hydroxyl groups excluding tert-OH is 1. The van der Waals surface area contributed by atoms with Crippen molar-refractivity contribution in [3.63, 3.8) is 0 Å². The standard InChI is InChI=1S/C16H19FN2O4/c1-10(21)18-7-12-8-19(15(22)23-12)11-2-3-13(14(17)6-11)16(9-20)4-5-16/h2-3,6,12,20H,4-5,7-9H2,1H3,(H,18,21)/t12-/m0/s1. The summed E-state index contributed by atoms with van der Waals surface area (Å²) in [5, 5.41) is 12.0. The van der Waals surface area contributed by atoms with E-state index in [-0.39, 0.29) is 25.6 Å². The molecule has 2 fully saturated rings. The second kappa shape index (κ2) is 5.81. The molecule has 2 aliphatic rings. The van der Waals surface area contributed by atoms with Crippen LogP contribution in [-0.2, 0) is 14.9 Å². The second-order valence-corrected chi connectivity index (χ2v) is 6.16. The number of cyclic esters (lactones) is 1. The SMILES string of the molecule is CC(=O)NC[C@H]1CN(c2ccc(C3(CO)CC3)c(F)c2)C(=O)O1. The quantitative estimate of drug-likeness (QED) is 0.857. The van der Waals surface area contributed by atoms with Gasteiger partial charge in [-0.1, -0.05) is 6.07 Å². The van der Waals surface area contributed by atoms with Crippen molar-refractivity contribution in [3.8, 4) is 0 Å². The number of rotatable bonds is 5. The van der Waals surface area contributed by atoms with E-state index in [1.165, 1.54) is 17.9 Å². The fourth-order valence-corrected chi connectivity index (χ4v) is 2.86. The number of halogens is 1. The maximum Gasteiger partial charge on any atom is 0.414 e. The van der Waals surface area contributed by atoms with E-state index in [2.05, 4.69) is 5.32 Å². The van der Waals surface area contributed by atoms with Gasteiger partial charge in [-0.25, -0.2) is 9.18 Å². The fraction of sp³-hybridized carbons (Fsp3) is 0.500. The number of hydrogen-bond donors (Lipinski definition) is 2. The summed E-state index contributed by atoms with van der Waals surface area (Å²) in [7, 11) is 0. The number of amides is 2. The van der Waals surface area contributed by atoms with E-state index in [4.69, 9.17) is 4.74 Å². The summed E-state index contributed by atoms with van der Waals surface area (Å²) in [4.78, 5) is 24.2. The number of hydrogen-bond acceptors (Lipinski definition) is 4. The zero-order valence-corrected chi connectivity index (χ0v) is 12.8. The third kappa shape index (κ3) is 3.01. The van der Waals surface area contributed by atoms with Crippen molar-refractivity contribution >= 4 is 17.7 Å². The van der Waals surface area contributed by atoms with E-state index in [9.17, 15) is 19.1 Å². The van der Waals surface area contributed by atoms with Gasteiger partial charge in [-0.2, -0.15) is 0 Å². The van der Waals surface area contributed by atoms with Crippen LogP contribution in [0.15, 0.2) is 18.2 Å². The Hall–Kier alpha value is -2.15. The van der Waals surface area contributed by atoms with Crippen LogP contribution in [-0.4, -0.2) is 42.9 Å². The Bertz CT molecular complexity index is 645. The van der Waals surface area contributed by atoms with E-state index < -0.39 is 23.4 Å². The summed E-state index contributed by atoms with van der Waals surface area (Å²) >= 11 is 0. The molecule has 1 saturated carbocycles. The highest BCUT2D eigenvalue weighted by Crippen LogP contribution is 2.49. The van der Waals surface area contributed by atoms with Gasteiger partial charge in [0.1, 0.15) is 11.9 Å². The van der Waals surface area contributed by atoms with Crippen molar-refractivity contribution in [2.24, 2.45) is 0 Å². The Morgan fingerprint density at radius 2 is 2.26 bits per heavy atom. The summed E-state index contributed by atoms with van der Waals surface area (Å²) in [5.41, 5.74) is 0.448. The van der Waals surface area contributed by atoms with Crippen LogP contribution in [0, 0.1) is 5.82 Å². The molecule has 1 heterocycles. The Balaban J connectivity index is 1.73. The van der Waals surface area contributed by atoms with Gasteiger partial charge in [0.15, 0.2) is 0 Å². The van der Waals surface area contributed by atoms with Crippen LogP contribution >= 0.6 is 0 Å². The maximum atomic E-state index is 14.4. The molecule has 1 aromatic carbocycles. The molecule has 2 amide bonds. The highest BCUT2D eigenvalue weighted by atomic mass is 19.1. The van der Waals surface area contributed by atoms with Gasteiger partial charge in [0.2, 0.25) is 5.91 Å². The molecule has 0 unspecified atom stereocenters. The first-order valence-electron chi connectivity index (χ1n) is 7.59. The molecule has 3 rings (SSSR count). The van der Waals surface area contributed by atoms with E-state index in [0.717, 1.165) is 12.8 Å². The molecule has 1 atom stereocenters. The van der Waals surface area contributed by atoms with Crippen molar-refractivity contribution in [1.29, 1.82) is 0 Å². The predicted octanol–water partition coefficient (Wildman–Crippen LogP) is 1.31. The first-order valence-corrected chi connectivity index (χ1v) is 7.59. The molecule has 0 radical (unpaired) electrons. The molecule has 2 N–H and O–H groups in total. The number of aliphatic hydroxyl groups is 1. The lowest BCUT2D eigenvalue weighted by molar-refractivity contribution is -0.119. The molecule has 7 heteroatoms. The fourth-order valence-electron chi connectivity index (χ4n) is 2.86. The normalized spacial score (nSPS) is 22.0. The number of benzene rings is 1. The Kier molecular flexibility index (Phi) is 3.97. The molecule has 124 valence electrons. The van der Waals surface area contributed by atoms with Gasteiger partial charge >= 0.3 is 6.09 Å². The average molecular weight is 322 g/mol. The molecule has 0 bridgehead atoms. The van der Waals surface area contributed by atoms with Crippen molar-refractivity contribution in [2.75, 3.05) is 24.6 Å². The second-order valence-electron chi connectivity index (χ2n) is 6.16. The van der Waals surface area contributed by atoms with Crippen molar-refractivity contribution in [3.05, 3.63) is 29.6 Å². The predicted molar refractivity (Wildman–Crippen MR) is 80.7 cm³/mol. The molecular formula is C16H19FN2O4. The smallest absolute Gasteiger partial charge is 0.414 e. The zero-order chi connectivity index (χ0) is 16.6. The Morgan fingerprint density at radius 3 is 2.83 bits per heavy atom. The van der Waals surface area contributed by atoms with E-state index in [1.54, 1.807) is 12.1 Å². The van der Waals surface area contributed by atoms with Gasteiger partial charge in [-0.05, 0) is 30.5 Å². The third-order valence-electron chi connectivity index (χ3n) is 4.44. The maximum absolute atomic E-state index is 14.4. The van der Waals surface area contributed by atoms with Crippen molar-refractivity contribution in [2.45, 2.75) is 31.3 Å². The van der Waals surface area contributed by atoms with Gasteiger partial charge in [0.05, 0.1) is 25.4 Å². The largest absolute Gasteiger partial charge is 0.442 e. The first-order chi connectivity index (χ1) is 10.9. The summed E-state index contributed by atoms with van der Waals surface area (Å²) in [5.74, 6) is -0.624. The van der Waals surface area contributed by atoms with Gasteiger partial charge in [-0.15, -0.1) is 0 Å². The molecule has 1 aromatic rings. The summed E-state index contributed by atoms with van der Waals surface area (Å²) in [6, 6.07) is 4.59. The first kappa shape index (κ1) is 15.7. The minimum Gasteiger partial charge on any atom is -0.442 e. The minimum atomic E-state index is -0.559. The lowest BCUT2D eigenvalue weighted by Crippen LogP contribution is -2.33. The number of carbonyl (C=O) groups excluding carboxylic acids is 2. The van der Waals surface area contributed by atoms with Gasteiger partial charge in [0, 0.05) is 12.3 Å². The number of ether oxygens (including phenoxy) is 1. The van der Waals surface area contributed by atoms with Crippen LogP contribution < -0.4 is 10.2 Å². The highest BCUT2D eigenvalue weighted by Gasteiger charge is 2.45. The molecule has 6 nitrogen and oxygen atoms in total. The zero-order valence-electron chi connectivity index (χ0n) is 12.8. The number of nitrogens with one attached hydrogen (secondary N) is 1. The highest BCUT2D eigenvalue weighted by molar-refractivity contribution is 5.89. The topological polar surface area (TPSA) is 78.9 Å². The van der Waals surface area contributed by atoms with Crippen molar-refractivity contribution < 1.29 is 23.8 Å². The van der Waals surface area contributed by atoms with Crippen LogP contribution in [0.3, 0.4) is 0 Å². The van der Waals surface area contributed by atoms with Crippen LogP contribution in [0.1, 0.15) is 25.3 Å². The lowest BCUT2D eigenvalue weighted by Gasteiger charge is -2.17. The molecular weight excluding hydrogens is 303 g/mol. The van der Waals surface area contributed by atoms with Crippen molar-refractivity contribution in [1.82, 2.24) is 5.32 Å². The molecule has 23 heavy (non-hydrogen) atoms. The van der Waals surface area contributed by atoms with Crippen LogP contribution in [0.5, 0.6) is 0 Å². The van der Waals surface area contributed by atoms with Crippen LogP contribution in [0.2, 0.25) is 0 Å². The van der Waals surface area contributed by atoms with Gasteiger partial charge < -0.3 is 15.2 Å².